The van der Waals surface area contributed by atoms with Crippen molar-refractivity contribution in [3.05, 3.63) is 36.9 Å². The smallest absolute Gasteiger partial charge is 0.423 e. The van der Waals surface area contributed by atoms with E-state index in [1.807, 2.05) is 12.1 Å². The van der Waals surface area contributed by atoms with Crippen LogP contribution in [0, 0.1) is 0 Å². The molecule has 0 aliphatic heterocycles. The van der Waals surface area contributed by atoms with E-state index in [2.05, 4.69) is 10.1 Å². The highest BCUT2D eigenvalue weighted by Gasteiger charge is 2.39. The number of aliphatic hydroxyl groups is 1. The predicted octanol–water partition coefficient (Wildman–Crippen LogP) is 0.521. The van der Waals surface area contributed by atoms with Crippen LogP contribution in [-0.4, -0.2) is 43.2 Å². The van der Waals surface area contributed by atoms with Gasteiger partial charge in [0, 0.05) is 30.3 Å². The van der Waals surface area contributed by atoms with E-state index in [0.717, 1.165) is 5.69 Å². The maximum absolute atomic E-state index is 10.2. The fourth-order valence-corrected chi connectivity index (χ4v) is 1.59. The number of pyridine rings is 1. The molecule has 2 aromatic heterocycles. The molecule has 112 valence electrons. The number of rotatable bonds is 5. The average Bonchev–Trinajstić information content (AvgIpc) is 2.87. The molecule has 0 radical (unpaired) electrons. The van der Waals surface area contributed by atoms with Crippen LogP contribution < -0.4 is 5.46 Å². The summed E-state index contributed by atoms with van der Waals surface area (Å²) in [7, 11) is -1.16. The van der Waals surface area contributed by atoms with Crippen molar-refractivity contribution in [3.63, 3.8) is 0 Å². The van der Waals surface area contributed by atoms with Gasteiger partial charge in [0.1, 0.15) is 0 Å². The number of aromatic nitrogens is 3. The van der Waals surface area contributed by atoms with Crippen LogP contribution in [0.2, 0.25) is 0 Å². The summed E-state index contributed by atoms with van der Waals surface area (Å²) in [4.78, 5) is 3.95. The van der Waals surface area contributed by atoms with Gasteiger partial charge in [-0.25, -0.2) is 4.68 Å². The van der Waals surface area contributed by atoms with Crippen LogP contribution in [-0.2, 0) is 4.65 Å². The van der Waals surface area contributed by atoms with Crippen LogP contribution in [0.25, 0.3) is 5.69 Å². The molecule has 0 atom stereocenters. The maximum Gasteiger partial charge on any atom is 0.494 e. The quantitative estimate of drug-likeness (QED) is 0.784. The van der Waals surface area contributed by atoms with Crippen molar-refractivity contribution in [3.8, 4) is 5.69 Å². The Kier molecular flexibility index (Phi) is 4.18. The molecule has 0 spiro atoms. The van der Waals surface area contributed by atoms with E-state index >= 15 is 0 Å². The molecular formula is C14H20BN3O3. The van der Waals surface area contributed by atoms with E-state index in [1.54, 1.807) is 51.0 Å². The van der Waals surface area contributed by atoms with Crippen LogP contribution in [0.1, 0.15) is 27.7 Å². The Morgan fingerprint density at radius 3 is 2.38 bits per heavy atom. The molecule has 0 unspecified atom stereocenters. The Bertz CT molecular complexity index is 593. The van der Waals surface area contributed by atoms with Crippen molar-refractivity contribution in [1.82, 2.24) is 14.8 Å². The molecule has 2 N–H and O–H groups in total. The lowest BCUT2D eigenvalue weighted by atomic mass is 9.78. The molecule has 0 saturated carbocycles. The largest absolute Gasteiger partial charge is 0.494 e. The van der Waals surface area contributed by atoms with Gasteiger partial charge in [-0.15, -0.1) is 0 Å². The summed E-state index contributed by atoms with van der Waals surface area (Å²) in [6, 6.07) is 3.62. The molecule has 21 heavy (non-hydrogen) atoms. The molecule has 0 aromatic carbocycles. The number of hydrogen-bond acceptors (Lipinski definition) is 5. The molecule has 0 bridgehead atoms. The monoisotopic (exact) mass is 289 g/mol. The minimum Gasteiger partial charge on any atom is -0.423 e. The van der Waals surface area contributed by atoms with Crippen LogP contribution in [0.15, 0.2) is 36.9 Å². The van der Waals surface area contributed by atoms with Crippen LogP contribution in [0.4, 0.5) is 0 Å². The molecule has 2 aromatic rings. The molecular weight excluding hydrogens is 269 g/mol. The molecule has 0 aliphatic rings. The van der Waals surface area contributed by atoms with E-state index in [1.165, 1.54) is 6.20 Å². The molecule has 0 saturated heterocycles. The maximum atomic E-state index is 10.2. The van der Waals surface area contributed by atoms with Gasteiger partial charge in [0.15, 0.2) is 0 Å². The minimum absolute atomic E-state index is 0.518. The summed E-state index contributed by atoms with van der Waals surface area (Å²) < 4.78 is 7.20. The molecule has 2 heterocycles. The van der Waals surface area contributed by atoms with Crippen LogP contribution >= 0.6 is 0 Å². The highest BCUT2D eigenvalue weighted by Crippen LogP contribution is 2.25. The highest BCUT2D eigenvalue weighted by molar-refractivity contribution is 6.59. The minimum atomic E-state index is -1.16. The Balaban J connectivity index is 2.15. The second-order valence-electron chi connectivity index (χ2n) is 5.96. The standard InChI is InChI=1S/C14H20BN3O3/c1-13(2,19)14(3,4)21-15(20)11-9-17-18(10-11)12-5-7-16-8-6-12/h5-10,19-20H,1-4H3. The number of nitrogens with zero attached hydrogens (tertiary/aromatic N) is 3. The average molecular weight is 289 g/mol. The van der Waals surface area contributed by atoms with Gasteiger partial charge in [-0.2, -0.15) is 5.10 Å². The van der Waals surface area contributed by atoms with Gasteiger partial charge in [0.05, 0.1) is 16.9 Å². The summed E-state index contributed by atoms with van der Waals surface area (Å²) >= 11 is 0. The van der Waals surface area contributed by atoms with Gasteiger partial charge in [0.2, 0.25) is 0 Å². The van der Waals surface area contributed by atoms with Crippen LogP contribution in [0.3, 0.4) is 0 Å². The zero-order valence-electron chi connectivity index (χ0n) is 12.7. The second-order valence-corrected chi connectivity index (χ2v) is 5.96. The first-order valence-electron chi connectivity index (χ1n) is 6.74. The molecule has 0 amide bonds. The van der Waals surface area contributed by atoms with Gasteiger partial charge in [-0.3, -0.25) is 4.98 Å². The number of hydrogen-bond donors (Lipinski definition) is 2. The Labute approximate surface area is 124 Å². The van der Waals surface area contributed by atoms with Crippen molar-refractivity contribution in [2.45, 2.75) is 38.9 Å². The van der Waals surface area contributed by atoms with Crippen LogP contribution in [0.5, 0.6) is 0 Å². The lowest BCUT2D eigenvalue weighted by molar-refractivity contribution is -0.0982. The molecule has 7 heteroatoms. The van der Waals surface area contributed by atoms with Crippen molar-refractivity contribution < 1.29 is 14.8 Å². The van der Waals surface area contributed by atoms with E-state index in [0.29, 0.717) is 5.46 Å². The second kappa shape index (κ2) is 5.59. The van der Waals surface area contributed by atoms with Gasteiger partial charge >= 0.3 is 7.12 Å². The molecule has 0 aliphatic carbocycles. The fourth-order valence-electron chi connectivity index (χ4n) is 1.59. The molecule has 2 rings (SSSR count). The zero-order chi connectivity index (χ0) is 15.7. The first-order chi connectivity index (χ1) is 9.71. The van der Waals surface area contributed by atoms with Gasteiger partial charge in [-0.05, 0) is 39.8 Å². The third-order valence-electron chi connectivity index (χ3n) is 3.69. The third-order valence-corrected chi connectivity index (χ3v) is 3.69. The first-order valence-corrected chi connectivity index (χ1v) is 6.74. The molecule has 6 nitrogen and oxygen atoms in total. The fraction of sp³-hybridized carbons (Fsp3) is 0.429. The van der Waals surface area contributed by atoms with E-state index in [9.17, 15) is 10.1 Å². The Hall–Kier alpha value is -1.70. The van der Waals surface area contributed by atoms with Crippen molar-refractivity contribution in [1.29, 1.82) is 0 Å². The van der Waals surface area contributed by atoms with E-state index < -0.39 is 18.3 Å². The Morgan fingerprint density at radius 2 is 1.81 bits per heavy atom. The Morgan fingerprint density at radius 1 is 1.19 bits per heavy atom. The topological polar surface area (TPSA) is 80.4 Å². The van der Waals surface area contributed by atoms with Gasteiger partial charge in [-0.1, -0.05) is 0 Å². The van der Waals surface area contributed by atoms with E-state index in [-0.39, 0.29) is 0 Å². The predicted molar refractivity (Wildman–Crippen MR) is 80.4 cm³/mol. The lowest BCUT2D eigenvalue weighted by Crippen LogP contribution is -2.53. The van der Waals surface area contributed by atoms with Crippen molar-refractivity contribution in [2.75, 3.05) is 0 Å². The van der Waals surface area contributed by atoms with E-state index in [4.69, 9.17) is 4.65 Å². The zero-order valence-corrected chi connectivity index (χ0v) is 12.7. The normalized spacial score (nSPS) is 12.5. The SMILES string of the molecule is CC(C)(O)C(C)(C)OB(O)c1cnn(-c2ccncc2)c1. The lowest BCUT2D eigenvalue weighted by Gasteiger charge is -2.38. The molecule has 0 fully saturated rings. The highest BCUT2D eigenvalue weighted by atomic mass is 16.5. The summed E-state index contributed by atoms with van der Waals surface area (Å²) in [6.07, 6.45) is 6.55. The van der Waals surface area contributed by atoms with Gasteiger partial charge in [0.25, 0.3) is 0 Å². The summed E-state index contributed by atoms with van der Waals surface area (Å²) in [5, 5.41) is 24.4. The van der Waals surface area contributed by atoms with Crippen molar-refractivity contribution >= 4 is 12.6 Å². The summed E-state index contributed by atoms with van der Waals surface area (Å²) in [6.45, 7) is 6.73. The third kappa shape index (κ3) is 3.50. The summed E-state index contributed by atoms with van der Waals surface area (Å²) in [5.74, 6) is 0. The van der Waals surface area contributed by atoms with Crippen molar-refractivity contribution in [2.24, 2.45) is 0 Å². The van der Waals surface area contributed by atoms with Gasteiger partial charge < -0.3 is 14.8 Å². The first kappa shape index (κ1) is 15.7. The summed E-state index contributed by atoms with van der Waals surface area (Å²) in [5.41, 5.74) is -0.644.